The molecular formula is C24H29NO6S. The Bertz CT molecular complexity index is 1080. The number of Topliss-reactive ketones (excluding diaryl/α,β-unsaturated/α-hetero) is 1. The van der Waals surface area contributed by atoms with Crippen LogP contribution >= 0.6 is 0 Å². The molecule has 1 heterocycles. The molecule has 1 atom stereocenters. The van der Waals surface area contributed by atoms with Gasteiger partial charge in [-0.25, -0.2) is 13.2 Å². The average Bonchev–Trinajstić information content (AvgIpc) is 2.82. The third-order valence-corrected chi connectivity index (χ3v) is 7.78. The summed E-state index contributed by atoms with van der Waals surface area (Å²) in [5, 5.41) is 0. The van der Waals surface area contributed by atoms with Crippen molar-refractivity contribution in [2.75, 3.05) is 20.3 Å². The maximum atomic E-state index is 13.3. The number of carbonyl (C=O) groups is 2. The van der Waals surface area contributed by atoms with Crippen LogP contribution in [-0.2, 0) is 21.2 Å². The van der Waals surface area contributed by atoms with E-state index >= 15 is 0 Å². The predicted octanol–water partition coefficient (Wildman–Crippen LogP) is 3.86. The van der Waals surface area contributed by atoms with Crippen molar-refractivity contribution in [2.45, 2.75) is 50.5 Å². The van der Waals surface area contributed by atoms with Gasteiger partial charge in [-0.3, -0.25) is 4.79 Å². The molecule has 0 bridgehead atoms. The number of esters is 1. The lowest BCUT2D eigenvalue weighted by Gasteiger charge is -2.32. The molecule has 0 aliphatic carbocycles. The number of sulfonamides is 1. The Kier molecular flexibility index (Phi) is 7.69. The molecule has 0 saturated carbocycles. The van der Waals surface area contributed by atoms with Crippen molar-refractivity contribution in [3.63, 3.8) is 0 Å². The molecule has 0 aromatic heterocycles. The van der Waals surface area contributed by atoms with Crippen LogP contribution < -0.4 is 4.74 Å². The second-order valence-electron chi connectivity index (χ2n) is 7.88. The zero-order valence-electron chi connectivity index (χ0n) is 18.7. The number of ether oxygens (including phenoxy) is 2. The largest absolute Gasteiger partial charge is 0.495 e. The number of carbonyl (C=O) groups excluding carboxylic acids is 2. The minimum atomic E-state index is -3.86. The molecule has 3 rings (SSSR count). The number of ketones is 1. The summed E-state index contributed by atoms with van der Waals surface area (Å²) in [5.41, 5.74) is 1.60. The molecule has 172 valence electrons. The lowest BCUT2D eigenvalue weighted by atomic mass is 10.1. The summed E-state index contributed by atoms with van der Waals surface area (Å²) in [6.07, 6.45) is 3.41. The first-order valence-corrected chi connectivity index (χ1v) is 12.2. The van der Waals surface area contributed by atoms with Gasteiger partial charge in [0.15, 0.2) is 12.4 Å². The highest BCUT2D eigenvalue weighted by atomic mass is 32.2. The molecule has 8 heteroatoms. The van der Waals surface area contributed by atoms with Crippen molar-refractivity contribution in [1.29, 1.82) is 0 Å². The van der Waals surface area contributed by atoms with Gasteiger partial charge in [0.2, 0.25) is 10.0 Å². The second-order valence-corrected chi connectivity index (χ2v) is 9.73. The molecule has 1 fully saturated rings. The number of rotatable bonds is 8. The first-order valence-electron chi connectivity index (χ1n) is 10.8. The van der Waals surface area contributed by atoms with Gasteiger partial charge in [0.1, 0.15) is 10.6 Å². The second kappa shape index (κ2) is 10.3. The Morgan fingerprint density at radius 2 is 1.75 bits per heavy atom. The molecule has 7 nitrogen and oxygen atoms in total. The number of piperidine rings is 1. The van der Waals surface area contributed by atoms with Crippen molar-refractivity contribution < 1.29 is 27.5 Å². The van der Waals surface area contributed by atoms with Crippen molar-refractivity contribution >= 4 is 21.8 Å². The van der Waals surface area contributed by atoms with E-state index in [0.717, 1.165) is 31.2 Å². The molecular weight excluding hydrogens is 430 g/mol. The molecule has 1 aliphatic heterocycles. The normalized spacial score (nSPS) is 17.0. The van der Waals surface area contributed by atoms with Crippen molar-refractivity contribution in [2.24, 2.45) is 0 Å². The summed E-state index contributed by atoms with van der Waals surface area (Å²) >= 11 is 0. The summed E-state index contributed by atoms with van der Waals surface area (Å²) in [4.78, 5) is 24.8. The number of aryl methyl sites for hydroxylation is 1. The highest BCUT2D eigenvalue weighted by Crippen LogP contribution is 2.31. The summed E-state index contributed by atoms with van der Waals surface area (Å²) < 4.78 is 38.5. The Labute approximate surface area is 189 Å². The smallest absolute Gasteiger partial charge is 0.338 e. The molecule has 2 aromatic carbocycles. The lowest BCUT2D eigenvalue weighted by molar-refractivity contribution is 0.0474. The van der Waals surface area contributed by atoms with Crippen LogP contribution in [0.1, 0.15) is 59.4 Å². The fraction of sp³-hybridized carbons (Fsp3) is 0.417. The SMILES string of the molecule is CCc1ccc(C(=O)COC(=O)c2ccc(OC)c(S(=O)(=O)N3CCCC[C@H]3C)c2)cc1. The van der Waals surface area contributed by atoms with Gasteiger partial charge in [-0.1, -0.05) is 37.6 Å². The van der Waals surface area contributed by atoms with Gasteiger partial charge in [-0.05, 0) is 49.9 Å². The first-order chi connectivity index (χ1) is 15.3. The van der Waals surface area contributed by atoms with E-state index in [1.165, 1.54) is 29.6 Å². The van der Waals surface area contributed by atoms with Crippen LogP contribution in [-0.4, -0.2) is 50.8 Å². The van der Waals surface area contributed by atoms with Crippen LogP contribution in [0.25, 0.3) is 0 Å². The van der Waals surface area contributed by atoms with Crippen molar-refractivity contribution in [3.8, 4) is 5.75 Å². The minimum Gasteiger partial charge on any atom is -0.495 e. The van der Waals surface area contributed by atoms with Crippen LogP contribution in [0.2, 0.25) is 0 Å². The number of nitrogens with zero attached hydrogens (tertiary/aromatic N) is 1. The van der Waals surface area contributed by atoms with E-state index < -0.39 is 22.6 Å². The Hall–Kier alpha value is -2.71. The maximum absolute atomic E-state index is 13.3. The molecule has 0 unspecified atom stereocenters. The van der Waals surface area contributed by atoms with Crippen LogP contribution in [0, 0.1) is 0 Å². The molecule has 2 aromatic rings. The highest BCUT2D eigenvalue weighted by Gasteiger charge is 2.33. The predicted molar refractivity (Wildman–Crippen MR) is 121 cm³/mol. The molecule has 1 saturated heterocycles. The fourth-order valence-electron chi connectivity index (χ4n) is 3.78. The van der Waals surface area contributed by atoms with Gasteiger partial charge < -0.3 is 9.47 Å². The Balaban J connectivity index is 1.77. The monoisotopic (exact) mass is 459 g/mol. The third-order valence-electron chi connectivity index (χ3n) is 5.75. The molecule has 32 heavy (non-hydrogen) atoms. The Morgan fingerprint density at radius 1 is 1.06 bits per heavy atom. The maximum Gasteiger partial charge on any atom is 0.338 e. The van der Waals surface area contributed by atoms with E-state index in [9.17, 15) is 18.0 Å². The van der Waals surface area contributed by atoms with E-state index in [-0.39, 0.29) is 28.0 Å². The quantitative estimate of drug-likeness (QED) is 0.440. The molecule has 0 radical (unpaired) electrons. The molecule has 0 amide bonds. The van der Waals surface area contributed by atoms with Gasteiger partial charge in [-0.2, -0.15) is 4.31 Å². The number of benzene rings is 2. The third kappa shape index (κ3) is 5.19. The summed E-state index contributed by atoms with van der Waals surface area (Å²) in [7, 11) is -2.47. The summed E-state index contributed by atoms with van der Waals surface area (Å²) in [6.45, 7) is 3.89. The standard InChI is InChI=1S/C24H29NO6S/c1-4-18-8-10-19(11-9-18)21(26)16-31-24(27)20-12-13-22(30-3)23(15-20)32(28,29)25-14-6-5-7-17(25)2/h8-13,15,17H,4-7,14,16H2,1-3H3/t17-/m1/s1. The van der Waals surface area contributed by atoms with Crippen molar-refractivity contribution in [3.05, 3.63) is 59.2 Å². The number of hydrogen-bond donors (Lipinski definition) is 0. The van der Waals surface area contributed by atoms with E-state index in [4.69, 9.17) is 9.47 Å². The van der Waals surface area contributed by atoms with Crippen molar-refractivity contribution in [1.82, 2.24) is 4.31 Å². The van der Waals surface area contributed by atoms with Gasteiger partial charge in [0, 0.05) is 18.2 Å². The van der Waals surface area contributed by atoms with Crippen LogP contribution in [0.3, 0.4) is 0 Å². The van der Waals surface area contributed by atoms with E-state index in [1.54, 1.807) is 12.1 Å². The fourth-order valence-corrected chi connectivity index (χ4v) is 5.67. The summed E-state index contributed by atoms with van der Waals surface area (Å²) in [6, 6.07) is 11.1. The molecule has 1 aliphatic rings. The average molecular weight is 460 g/mol. The number of hydrogen-bond acceptors (Lipinski definition) is 6. The van der Waals surface area contributed by atoms with Gasteiger partial charge in [0.25, 0.3) is 0 Å². The van der Waals surface area contributed by atoms with E-state index in [0.29, 0.717) is 12.1 Å². The van der Waals surface area contributed by atoms with E-state index in [1.807, 2.05) is 26.0 Å². The van der Waals surface area contributed by atoms with Crippen LogP contribution in [0.4, 0.5) is 0 Å². The topological polar surface area (TPSA) is 90.0 Å². The number of methoxy groups -OCH3 is 1. The van der Waals surface area contributed by atoms with E-state index in [2.05, 4.69) is 0 Å². The van der Waals surface area contributed by atoms with Gasteiger partial charge in [-0.15, -0.1) is 0 Å². The van der Waals surface area contributed by atoms with Gasteiger partial charge in [0.05, 0.1) is 12.7 Å². The van der Waals surface area contributed by atoms with Crippen LogP contribution in [0.15, 0.2) is 47.4 Å². The van der Waals surface area contributed by atoms with Gasteiger partial charge >= 0.3 is 5.97 Å². The summed E-state index contributed by atoms with van der Waals surface area (Å²) in [5.74, 6) is -0.940. The molecule has 0 N–H and O–H groups in total. The zero-order chi connectivity index (χ0) is 23.3. The van der Waals surface area contributed by atoms with Crippen LogP contribution in [0.5, 0.6) is 5.75 Å². The highest BCUT2D eigenvalue weighted by molar-refractivity contribution is 7.89. The zero-order valence-corrected chi connectivity index (χ0v) is 19.5. The lowest BCUT2D eigenvalue weighted by Crippen LogP contribution is -2.42. The first kappa shape index (κ1) is 23.9. The molecule has 0 spiro atoms. The minimum absolute atomic E-state index is 0.0446. The Morgan fingerprint density at radius 3 is 2.38 bits per heavy atom.